The van der Waals surface area contributed by atoms with Gasteiger partial charge in [0.05, 0.1) is 5.56 Å². The molecule has 1 aliphatic heterocycles. The molecule has 3 nitrogen and oxygen atoms in total. The molecule has 0 aliphatic carbocycles. The smallest absolute Gasteiger partial charge is 0.257 e. The summed E-state index contributed by atoms with van der Waals surface area (Å²) in [5, 5.41) is 10.8. The Labute approximate surface area is 116 Å². The Hall–Kier alpha value is -1.03. The molecule has 0 saturated carbocycles. The summed E-state index contributed by atoms with van der Waals surface area (Å²) < 4.78 is 0. The minimum atomic E-state index is -0.0479. The molecule has 1 fully saturated rings. The van der Waals surface area contributed by atoms with Gasteiger partial charge in [-0.3, -0.25) is 4.79 Å². The molecule has 0 aromatic heterocycles. The summed E-state index contributed by atoms with van der Waals surface area (Å²) in [5.74, 6) is 0.614. The Morgan fingerprint density at radius 1 is 1.56 bits per heavy atom. The maximum atomic E-state index is 12.3. The Bertz CT molecular complexity index is 447. The van der Waals surface area contributed by atoms with Crippen LogP contribution in [-0.4, -0.2) is 34.3 Å². The fourth-order valence-electron chi connectivity index (χ4n) is 2.40. The van der Waals surface area contributed by atoms with Crippen molar-refractivity contribution >= 4 is 21.8 Å². The first kappa shape index (κ1) is 13.4. The fourth-order valence-corrected chi connectivity index (χ4v) is 3.05. The van der Waals surface area contributed by atoms with Crippen molar-refractivity contribution in [3.63, 3.8) is 0 Å². The molecule has 1 unspecified atom stereocenters. The number of alkyl halides is 1. The van der Waals surface area contributed by atoms with E-state index in [4.69, 9.17) is 0 Å². The monoisotopic (exact) mass is 311 g/mol. The number of halogens is 1. The minimum absolute atomic E-state index is 0.0479. The van der Waals surface area contributed by atoms with Crippen molar-refractivity contribution in [3.05, 3.63) is 29.3 Å². The van der Waals surface area contributed by atoms with Crippen LogP contribution in [0.3, 0.4) is 0 Å². The van der Waals surface area contributed by atoms with E-state index in [1.165, 1.54) is 0 Å². The summed E-state index contributed by atoms with van der Waals surface area (Å²) in [6.07, 6.45) is 2.16. The summed E-state index contributed by atoms with van der Waals surface area (Å²) >= 11 is 3.44. The number of likely N-dealkylation sites (tertiary alicyclic amines) is 1. The Morgan fingerprint density at radius 2 is 2.33 bits per heavy atom. The number of aryl methyl sites for hydroxylation is 1. The molecule has 0 radical (unpaired) electrons. The van der Waals surface area contributed by atoms with Crippen molar-refractivity contribution in [2.45, 2.75) is 19.8 Å². The number of amides is 1. The second-order valence-corrected chi connectivity index (χ2v) is 5.70. The predicted molar refractivity (Wildman–Crippen MR) is 75.3 cm³/mol. The third-order valence-corrected chi connectivity index (χ3v) is 3.93. The maximum Gasteiger partial charge on any atom is 0.257 e. The summed E-state index contributed by atoms with van der Waals surface area (Å²) in [6, 6.07) is 5.16. The summed E-state index contributed by atoms with van der Waals surface area (Å²) in [7, 11) is 0. The average molecular weight is 312 g/mol. The van der Waals surface area contributed by atoms with Gasteiger partial charge in [-0.15, -0.1) is 0 Å². The van der Waals surface area contributed by atoms with Crippen molar-refractivity contribution in [3.8, 4) is 5.75 Å². The molecule has 1 aromatic carbocycles. The Kier molecular flexibility index (Phi) is 4.27. The number of phenols is 1. The van der Waals surface area contributed by atoms with E-state index in [1.807, 2.05) is 17.9 Å². The lowest BCUT2D eigenvalue weighted by atomic mass is 10.1. The van der Waals surface area contributed by atoms with E-state index in [0.29, 0.717) is 11.5 Å². The number of hydrogen-bond acceptors (Lipinski definition) is 2. The predicted octanol–water partition coefficient (Wildman–Crippen LogP) is 2.95. The normalized spacial score (nSPS) is 19.2. The molecule has 1 saturated heterocycles. The molecule has 1 heterocycles. The summed E-state index contributed by atoms with van der Waals surface area (Å²) in [5.41, 5.74) is 1.42. The molecule has 0 bridgehead atoms. The van der Waals surface area contributed by atoms with E-state index in [9.17, 15) is 9.90 Å². The minimum Gasteiger partial charge on any atom is -0.507 e. The zero-order valence-corrected chi connectivity index (χ0v) is 12.1. The topological polar surface area (TPSA) is 40.5 Å². The van der Waals surface area contributed by atoms with Crippen molar-refractivity contribution in [2.75, 3.05) is 18.4 Å². The van der Waals surface area contributed by atoms with Crippen molar-refractivity contribution < 1.29 is 9.90 Å². The molecule has 1 atom stereocenters. The van der Waals surface area contributed by atoms with Crippen LogP contribution in [-0.2, 0) is 0 Å². The molecule has 1 N–H and O–H groups in total. The molecule has 4 heteroatoms. The first-order chi connectivity index (χ1) is 8.61. The number of carbonyl (C=O) groups is 1. The van der Waals surface area contributed by atoms with Crippen LogP contribution in [0.5, 0.6) is 5.75 Å². The largest absolute Gasteiger partial charge is 0.507 e. The molecule has 0 spiro atoms. The third-order valence-electron chi connectivity index (χ3n) is 3.47. The van der Waals surface area contributed by atoms with E-state index in [1.54, 1.807) is 12.1 Å². The number of phenolic OH excluding ortho intramolecular Hbond substituents is 1. The lowest BCUT2D eigenvalue weighted by Crippen LogP contribution is -2.28. The van der Waals surface area contributed by atoms with Gasteiger partial charge in [0.25, 0.3) is 5.91 Å². The van der Waals surface area contributed by atoms with Gasteiger partial charge in [-0.05, 0) is 37.8 Å². The zero-order chi connectivity index (χ0) is 13.1. The van der Waals surface area contributed by atoms with Gasteiger partial charge in [-0.2, -0.15) is 0 Å². The molecular formula is C14H18BrNO2. The quantitative estimate of drug-likeness (QED) is 0.872. The van der Waals surface area contributed by atoms with Gasteiger partial charge in [-0.25, -0.2) is 0 Å². The van der Waals surface area contributed by atoms with Gasteiger partial charge in [0, 0.05) is 18.4 Å². The number of carbonyl (C=O) groups excluding carboxylic acids is 1. The van der Waals surface area contributed by atoms with E-state index in [0.717, 1.165) is 36.8 Å². The van der Waals surface area contributed by atoms with Gasteiger partial charge < -0.3 is 10.0 Å². The molecule has 1 aliphatic rings. The van der Waals surface area contributed by atoms with Crippen molar-refractivity contribution in [1.29, 1.82) is 0 Å². The third kappa shape index (κ3) is 2.86. The SMILES string of the molecule is Cc1ccc(O)c(C(=O)N2CCC(CCBr)C2)c1. The lowest BCUT2D eigenvalue weighted by molar-refractivity contribution is 0.0784. The van der Waals surface area contributed by atoms with E-state index >= 15 is 0 Å². The van der Waals surface area contributed by atoms with Crippen LogP contribution >= 0.6 is 15.9 Å². The highest BCUT2D eigenvalue weighted by Gasteiger charge is 2.27. The van der Waals surface area contributed by atoms with Crippen LogP contribution in [0.15, 0.2) is 18.2 Å². The summed E-state index contributed by atoms with van der Waals surface area (Å²) in [4.78, 5) is 14.2. The second kappa shape index (κ2) is 5.74. The first-order valence-electron chi connectivity index (χ1n) is 6.26. The fraction of sp³-hybridized carbons (Fsp3) is 0.500. The van der Waals surface area contributed by atoms with E-state index in [2.05, 4.69) is 15.9 Å². The number of hydrogen-bond donors (Lipinski definition) is 1. The molecular weight excluding hydrogens is 294 g/mol. The number of aromatic hydroxyl groups is 1. The summed E-state index contributed by atoms with van der Waals surface area (Å²) in [6.45, 7) is 3.52. The average Bonchev–Trinajstić information content (AvgIpc) is 2.80. The van der Waals surface area contributed by atoms with Gasteiger partial charge in [0.1, 0.15) is 5.75 Å². The molecule has 1 amide bonds. The Morgan fingerprint density at radius 3 is 3.06 bits per heavy atom. The van der Waals surface area contributed by atoms with E-state index < -0.39 is 0 Å². The van der Waals surface area contributed by atoms with Crippen molar-refractivity contribution in [2.24, 2.45) is 5.92 Å². The molecule has 2 rings (SSSR count). The number of nitrogens with zero attached hydrogens (tertiary/aromatic N) is 1. The van der Waals surface area contributed by atoms with Gasteiger partial charge in [-0.1, -0.05) is 27.6 Å². The lowest BCUT2D eigenvalue weighted by Gasteiger charge is -2.17. The molecule has 18 heavy (non-hydrogen) atoms. The van der Waals surface area contributed by atoms with Gasteiger partial charge >= 0.3 is 0 Å². The molecule has 98 valence electrons. The first-order valence-corrected chi connectivity index (χ1v) is 7.39. The molecule has 1 aromatic rings. The van der Waals surface area contributed by atoms with Crippen LogP contribution in [0.2, 0.25) is 0 Å². The number of benzene rings is 1. The van der Waals surface area contributed by atoms with Crippen LogP contribution in [0.1, 0.15) is 28.8 Å². The highest BCUT2D eigenvalue weighted by molar-refractivity contribution is 9.09. The zero-order valence-electron chi connectivity index (χ0n) is 10.5. The highest BCUT2D eigenvalue weighted by Crippen LogP contribution is 2.25. The van der Waals surface area contributed by atoms with Crippen LogP contribution in [0.25, 0.3) is 0 Å². The van der Waals surface area contributed by atoms with Crippen LogP contribution < -0.4 is 0 Å². The Balaban J connectivity index is 2.10. The van der Waals surface area contributed by atoms with E-state index in [-0.39, 0.29) is 11.7 Å². The highest BCUT2D eigenvalue weighted by atomic mass is 79.9. The van der Waals surface area contributed by atoms with Crippen molar-refractivity contribution in [1.82, 2.24) is 4.90 Å². The second-order valence-electron chi connectivity index (χ2n) is 4.90. The van der Waals surface area contributed by atoms with Crippen LogP contribution in [0, 0.1) is 12.8 Å². The number of rotatable bonds is 3. The maximum absolute atomic E-state index is 12.3. The standard InChI is InChI=1S/C14H18BrNO2/c1-10-2-3-13(17)12(8-10)14(18)16-7-5-11(9-16)4-6-15/h2-3,8,11,17H,4-7,9H2,1H3. The van der Waals surface area contributed by atoms with Gasteiger partial charge in [0.15, 0.2) is 0 Å². The van der Waals surface area contributed by atoms with Gasteiger partial charge in [0.2, 0.25) is 0 Å². The van der Waals surface area contributed by atoms with Crippen LogP contribution in [0.4, 0.5) is 0 Å².